The Morgan fingerprint density at radius 2 is 1.19 bits per heavy atom. The molecular weight excluding hydrogens is 596 g/mol. The number of carbonyl (C=O) groups is 2. The molecule has 6 atom stereocenters. The molecular formula is C22H28Br2N10O2. The number of aromatic nitrogens is 2. The molecule has 1 fully saturated rings. The normalized spacial score (nSPS) is 28.6. The fourth-order valence-corrected chi connectivity index (χ4v) is 5.89. The molecule has 2 unspecified atom stereocenters. The van der Waals surface area contributed by atoms with E-state index in [1.54, 1.807) is 24.5 Å². The van der Waals surface area contributed by atoms with Gasteiger partial charge in [0, 0.05) is 70.1 Å². The summed E-state index contributed by atoms with van der Waals surface area (Å²) in [4.78, 5) is 31.4. The molecule has 192 valence electrons. The van der Waals surface area contributed by atoms with Gasteiger partial charge in [-0.15, -0.1) is 0 Å². The first-order chi connectivity index (χ1) is 17.3. The predicted molar refractivity (Wildman–Crippen MR) is 140 cm³/mol. The monoisotopic (exact) mass is 622 g/mol. The zero-order valence-corrected chi connectivity index (χ0v) is 22.2. The van der Waals surface area contributed by atoms with Gasteiger partial charge in [0.2, 0.25) is 0 Å². The van der Waals surface area contributed by atoms with E-state index in [9.17, 15) is 9.59 Å². The third kappa shape index (κ3) is 4.98. The van der Waals surface area contributed by atoms with E-state index in [1.165, 1.54) is 0 Å². The Bertz CT molecular complexity index is 1110. The molecule has 2 aromatic rings. The minimum absolute atomic E-state index is 0.00844. The quantitative estimate of drug-likeness (QED) is 0.195. The first-order valence-electron chi connectivity index (χ1n) is 11.5. The van der Waals surface area contributed by atoms with Crippen LogP contribution in [0.5, 0.6) is 0 Å². The number of H-pyrrole nitrogens is 2. The van der Waals surface area contributed by atoms with Crippen LogP contribution in [0.4, 0.5) is 0 Å². The summed E-state index contributed by atoms with van der Waals surface area (Å²) in [5.41, 5.74) is 14.9. The van der Waals surface area contributed by atoms with Crippen molar-refractivity contribution in [3.63, 3.8) is 0 Å². The van der Waals surface area contributed by atoms with Crippen LogP contribution in [-0.4, -0.2) is 47.5 Å². The van der Waals surface area contributed by atoms with Gasteiger partial charge in [0.05, 0.1) is 0 Å². The van der Waals surface area contributed by atoms with Crippen molar-refractivity contribution in [2.75, 3.05) is 13.1 Å². The summed E-state index contributed by atoms with van der Waals surface area (Å²) in [5.74, 6) is -0.362. The lowest BCUT2D eigenvalue weighted by molar-refractivity contribution is 0.0193. The molecule has 0 radical (unpaired) electrons. The molecule has 14 heteroatoms. The van der Waals surface area contributed by atoms with Gasteiger partial charge in [-0.1, -0.05) is 0 Å². The van der Waals surface area contributed by atoms with Gasteiger partial charge in [-0.3, -0.25) is 21.1 Å². The molecule has 2 aromatic heterocycles. The zero-order valence-electron chi connectivity index (χ0n) is 19.1. The number of aromatic amines is 2. The van der Waals surface area contributed by atoms with Crippen LogP contribution in [0.1, 0.15) is 21.0 Å². The van der Waals surface area contributed by atoms with E-state index in [4.69, 9.17) is 11.5 Å². The summed E-state index contributed by atoms with van der Waals surface area (Å²) in [6, 6.07) is 3.46. The first kappa shape index (κ1) is 24.7. The number of halogens is 2. The molecule has 4 heterocycles. The Kier molecular flexibility index (Phi) is 7.01. The number of nitrogens with one attached hydrogen (secondary N) is 8. The van der Waals surface area contributed by atoms with E-state index in [0.717, 1.165) is 20.3 Å². The van der Waals surface area contributed by atoms with Crippen molar-refractivity contribution in [3.8, 4) is 0 Å². The summed E-state index contributed by atoms with van der Waals surface area (Å²) in [6.45, 7) is 0.818. The fourth-order valence-electron chi connectivity index (χ4n) is 5.20. The van der Waals surface area contributed by atoms with Crippen LogP contribution in [0.15, 0.2) is 57.3 Å². The number of carbonyl (C=O) groups excluding carboxylic acids is 2. The number of allylic oxidation sites excluding steroid dienone is 2. The van der Waals surface area contributed by atoms with Crippen molar-refractivity contribution < 1.29 is 9.59 Å². The molecule has 3 aliphatic rings. The number of amides is 2. The maximum Gasteiger partial charge on any atom is 0.267 e. The molecule has 0 bridgehead atoms. The second-order valence-electron chi connectivity index (χ2n) is 9.04. The van der Waals surface area contributed by atoms with Crippen molar-refractivity contribution in [3.05, 3.63) is 68.7 Å². The standard InChI is InChI=1S/C22H28Br2N10O2/c23-9-1-13(27-3-9)19(35)29-5-11-12(6-30-20(36)14-2-10(24)4-28-14)18(16-8-32-22(26)34-16)17(11)15-7-31-21(25)33-15/h1-4,7-8,11-12,17-18,21-22,27-28,31-34H,5-6,25-26H2,(H,29,35)(H,30,36)/t11-,12-,17-,18-,21?,22?/m1/s1. The summed E-state index contributed by atoms with van der Waals surface area (Å²) in [6.07, 6.45) is 6.42. The third-order valence-electron chi connectivity index (χ3n) is 6.84. The molecule has 0 spiro atoms. The fraction of sp³-hybridized carbons (Fsp3) is 0.364. The van der Waals surface area contributed by atoms with Crippen LogP contribution in [0.25, 0.3) is 0 Å². The second kappa shape index (κ2) is 10.2. The van der Waals surface area contributed by atoms with Gasteiger partial charge in [-0.2, -0.15) is 0 Å². The molecule has 0 aromatic carbocycles. The molecule has 5 rings (SSSR count). The van der Waals surface area contributed by atoms with Crippen LogP contribution in [0, 0.1) is 23.7 Å². The highest BCUT2D eigenvalue weighted by Crippen LogP contribution is 2.52. The lowest BCUT2D eigenvalue weighted by Crippen LogP contribution is -2.59. The maximum atomic E-state index is 12.8. The van der Waals surface area contributed by atoms with Gasteiger partial charge >= 0.3 is 0 Å². The van der Waals surface area contributed by atoms with Crippen molar-refractivity contribution in [1.29, 1.82) is 0 Å². The minimum Gasteiger partial charge on any atom is -0.358 e. The average Bonchev–Trinajstić information content (AvgIpc) is 3.63. The summed E-state index contributed by atoms with van der Waals surface area (Å²) >= 11 is 6.72. The molecule has 12 N–H and O–H groups in total. The third-order valence-corrected chi connectivity index (χ3v) is 7.76. The molecule has 0 saturated heterocycles. The van der Waals surface area contributed by atoms with Gasteiger partial charge < -0.3 is 41.9 Å². The molecule has 1 aliphatic carbocycles. The van der Waals surface area contributed by atoms with E-state index in [1.807, 2.05) is 12.4 Å². The van der Waals surface area contributed by atoms with Crippen LogP contribution in [0.3, 0.4) is 0 Å². The smallest absolute Gasteiger partial charge is 0.267 e. The Morgan fingerprint density at radius 1 is 0.778 bits per heavy atom. The highest BCUT2D eigenvalue weighted by Gasteiger charge is 2.54. The Hall–Kier alpha value is -2.94. The van der Waals surface area contributed by atoms with Crippen LogP contribution in [0.2, 0.25) is 0 Å². The van der Waals surface area contributed by atoms with Gasteiger partial charge in [0.1, 0.15) is 24.0 Å². The largest absolute Gasteiger partial charge is 0.358 e. The Balaban J connectivity index is 1.36. The summed E-state index contributed by atoms with van der Waals surface area (Å²) in [5, 5.41) is 18.8. The molecule has 2 amide bonds. The van der Waals surface area contributed by atoms with Gasteiger partial charge in [-0.05, 0) is 55.8 Å². The van der Waals surface area contributed by atoms with Crippen molar-refractivity contribution >= 4 is 43.7 Å². The predicted octanol–water partition coefficient (Wildman–Crippen LogP) is 0.0590. The second-order valence-corrected chi connectivity index (χ2v) is 10.9. The molecule has 36 heavy (non-hydrogen) atoms. The van der Waals surface area contributed by atoms with E-state index in [-0.39, 0.29) is 48.1 Å². The van der Waals surface area contributed by atoms with Gasteiger partial charge in [0.25, 0.3) is 11.8 Å². The summed E-state index contributed by atoms with van der Waals surface area (Å²) in [7, 11) is 0. The number of rotatable bonds is 8. The first-order valence-corrected chi connectivity index (χ1v) is 13.1. The number of nitrogens with two attached hydrogens (primary N) is 2. The minimum atomic E-state index is -0.386. The van der Waals surface area contributed by atoms with Crippen molar-refractivity contribution in [2.45, 2.75) is 12.6 Å². The van der Waals surface area contributed by atoms with E-state index >= 15 is 0 Å². The van der Waals surface area contributed by atoms with Crippen LogP contribution >= 0.6 is 31.9 Å². The van der Waals surface area contributed by atoms with Crippen LogP contribution in [-0.2, 0) is 0 Å². The van der Waals surface area contributed by atoms with E-state index in [0.29, 0.717) is 24.5 Å². The number of hydrogen-bond acceptors (Lipinski definition) is 8. The molecule has 1 saturated carbocycles. The lowest BCUT2D eigenvalue weighted by atomic mass is 9.54. The molecule has 12 nitrogen and oxygen atoms in total. The number of hydrogen-bond donors (Lipinski definition) is 10. The summed E-state index contributed by atoms with van der Waals surface area (Å²) < 4.78 is 1.60. The van der Waals surface area contributed by atoms with E-state index in [2.05, 4.69) is 73.7 Å². The van der Waals surface area contributed by atoms with Crippen molar-refractivity contribution in [2.24, 2.45) is 35.1 Å². The highest BCUT2D eigenvalue weighted by molar-refractivity contribution is 9.10. The van der Waals surface area contributed by atoms with Gasteiger partial charge in [0.15, 0.2) is 0 Å². The van der Waals surface area contributed by atoms with Crippen molar-refractivity contribution in [1.82, 2.24) is 41.9 Å². The lowest BCUT2D eigenvalue weighted by Gasteiger charge is -2.53. The maximum absolute atomic E-state index is 12.8. The average molecular weight is 624 g/mol. The van der Waals surface area contributed by atoms with Crippen LogP contribution < -0.4 is 43.4 Å². The zero-order chi connectivity index (χ0) is 25.4. The van der Waals surface area contributed by atoms with Gasteiger partial charge in [-0.25, -0.2) is 0 Å². The topological polar surface area (TPSA) is 190 Å². The molecule has 2 aliphatic heterocycles. The Labute approximate surface area is 224 Å². The highest BCUT2D eigenvalue weighted by atomic mass is 79.9. The Morgan fingerprint density at radius 3 is 1.50 bits per heavy atom. The SMILES string of the molecule is NC1NC=C([C@H]2[C@H](CNC(=O)c3cc(Br)c[nH]3)[C@@H](CNC(=O)c3cc(Br)c[nH]3)[C@@H]2C2=CNC(N)N2)N1. The van der Waals surface area contributed by atoms with E-state index < -0.39 is 0 Å².